The molecule has 0 aromatic heterocycles. The Morgan fingerprint density at radius 1 is 1.06 bits per heavy atom. The van der Waals surface area contributed by atoms with Crippen molar-refractivity contribution in [3.05, 3.63) is 0 Å². The summed E-state index contributed by atoms with van der Waals surface area (Å²) in [5.74, 6) is 4.19. The molecular formula is C15H27N. The summed E-state index contributed by atoms with van der Waals surface area (Å²) in [5.41, 5.74) is 0. The number of rotatable bonds is 5. The molecule has 0 saturated heterocycles. The second-order valence-corrected chi connectivity index (χ2v) is 6.88. The maximum absolute atomic E-state index is 3.77. The van der Waals surface area contributed by atoms with Crippen LogP contribution in [0.5, 0.6) is 0 Å². The van der Waals surface area contributed by atoms with Crippen LogP contribution in [0.3, 0.4) is 0 Å². The molecule has 0 heterocycles. The Kier molecular flexibility index (Phi) is 2.99. The van der Waals surface area contributed by atoms with Gasteiger partial charge in [0.15, 0.2) is 0 Å². The fourth-order valence-corrected chi connectivity index (χ4v) is 4.13. The van der Waals surface area contributed by atoms with E-state index in [0.29, 0.717) is 0 Å². The average Bonchev–Trinajstić information content (AvgIpc) is 2.84. The van der Waals surface area contributed by atoms with E-state index in [1.807, 2.05) is 0 Å². The molecule has 92 valence electrons. The lowest BCUT2D eigenvalue weighted by atomic mass is 9.81. The second kappa shape index (κ2) is 4.33. The normalized spacial score (nSPS) is 41.2. The Hall–Kier alpha value is -0.0400. The zero-order chi connectivity index (χ0) is 11.1. The van der Waals surface area contributed by atoms with E-state index in [9.17, 15) is 0 Å². The summed E-state index contributed by atoms with van der Waals surface area (Å²) in [7, 11) is 0. The van der Waals surface area contributed by atoms with Gasteiger partial charge in [0, 0.05) is 12.1 Å². The molecule has 0 aromatic rings. The third kappa shape index (κ3) is 2.30. The van der Waals surface area contributed by atoms with Crippen molar-refractivity contribution in [3.8, 4) is 0 Å². The zero-order valence-corrected chi connectivity index (χ0v) is 10.9. The van der Waals surface area contributed by atoms with Gasteiger partial charge in [-0.25, -0.2) is 0 Å². The first-order chi connectivity index (χ1) is 7.72. The van der Waals surface area contributed by atoms with Crippen LogP contribution in [0.4, 0.5) is 0 Å². The summed E-state index contributed by atoms with van der Waals surface area (Å²) >= 11 is 0. The van der Waals surface area contributed by atoms with E-state index in [-0.39, 0.29) is 0 Å². The van der Waals surface area contributed by atoms with Gasteiger partial charge in [0.05, 0.1) is 0 Å². The van der Waals surface area contributed by atoms with Gasteiger partial charge in [-0.15, -0.1) is 0 Å². The van der Waals surface area contributed by atoms with Gasteiger partial charge in [0.25, 0.3) is 0 Å². The molecular weight excluding hydrogens is 194 g/mol. The summed E-state index contributed by atoms with van der Waals surface area (Å²) in [6.07, 6.45) is 10.6. The molecule has 0 radical (unpaired) electrons. The lowest BCUT2D eigenvalue weighted by molar-refractivity contribution is 0.246. The number of hydrogen-bond donors (Lipinski definition) is 1. The average molecular weight is 221 g/mol. The number of fused-ring (bicyclic) bond motifs is 2. The van der Waals surface area contributed by atoms with Gasteiger partial charge in [0.2, 0.25) is 0 Å². The lowest BCUT2D eigenvalue weighted by Crippen LogP contribution is -2.35. The topological polar surface area (TPSA) is 12.0 Å². The molecule has 0 spiro atoms. The van der Waals surface area contributed by atoms with Gasteiger partial charge in [0.1, 0.15) is 0 Å². The Balaban J connectivity index is 1.46. The first-order valence-corrected chi connectivity index (χ1v) is 7.48. The summed E-state index contributed by atoms with van der Waals surface area (Å²) in [5, 5.41) is 3.77. The van der Waals surface area contributed by atoms with Crippen LogP contribution in [0, 0.1) is 23.7 Å². The van der Waals surface area contributed by atoms with Crippen LogP contribution < -0.4 is 5.32 Å². The highest BCUT2D eigenvalue weighted by Crippen LogP contribution is 2.50. The predicted molar refractivity (Wildman–Crippen MR) is 68.3 cm³/mol. The smallest absolute Gasteiger partial charge is 0.00708 e. The third-order valence-electron chi connectivity index (χ3n) is 5.49. The number of nitrogens with one attached hydrogen (secondary N) is 1. The Morgan fingerprint density at radius 2 is 1.88 bits per heavy atom. The molecule has 1 heteroatoms. The molecule has 5 unspecified atom stereocenters. The standard InChI is InChI=1S/C15H27N/c1-10(11(2)16-15-5-6-15)7-14-9-12-3-4-13(14)8-12/h10-16H,3-9H2,1-2H3. The van der Waals surface area contributed by atoms with Crippen LogP contribution >= 0.6 is 0 Å². The third-order valence-corrected chi connectivity index (χ3v) is 5.49. The minimum absolute atomic E-state index is 0.742. The molecule has 3 aliphatic rings. The van der Waals surface area contributed by atoms with Gasteiger partial charge in [-0.1, -0.05) is 13.3 Å². The summed E-state index contributed by atoms with van der Waals surface area (Å²) in [4.78, 5) is 0. The van der Waals surface area contributed by atoms with Crippen molar-refractivity contribution < 1.29 is 0 Å². The highest BCUT2D eigenvalue weighted by atomic mass is 15.0. The Labute approximate surface area is 100 Å². The molecule has 16 heavy (non-hydrogen) atoms. The second-order valence-electron chi connectivity index (χ2n) is 6.88. The van der Waals surface area contributed by atoms with E-state index >= 15 is 0 Å². The molecule has 3 fully saturated rings. The van der Waals surface area contributed by atoms with Gasteiger partial charge < -0.3 is 5.32 Å². The van der Waals surface area contributed by atoms with E-state index < -0.39 is 0 Å². The van der Waals surface area contributed by atoms with Crippen LogP contribution in [0.25, 0.3) is 0 Å². The molecule has 0 aromatic carbocycles. The van der Waals surface area contributed by atoms with Crippen LogP contribution in [0.2, 0.25) is 0 Å². The van der Waals surface area contributed by atoms with Crippen LogP contribution in [0.1, 0.15) is 58.8 Å². The molecule has 2 bridgehead atoms. The fourth-order valence-electron chi connectivity index (χ4n) is 4.13. The van der Waals surface area contributed by atoms with E-state index in [4.69, 9.17) is 0 Å². The van der Waals surface area contributed by atoms with Crippen molar-refractivity contribution in [2.24, 2.45) is 23.7 Å². The van der Waals surface area contributed by atoms with Gasteiger partial charge in [-0.05, 0) is 69.1 Å². The summed E-state index contributed by atoms with van der Waals surface area (Å²) in [6.45, 7) is 4.86. The van der Waals surface area contributed by atoms with E-state index in [0.717, 1.165) is 35.8 Å². The Morgan fingerprint density at radius 3 is 2.44 bits per heavy atom. The van der Waals surface area contributed by atoms with Crippen molar-refractivity contribution in [1.82, 2.24) is 5.32 Å². The Bertz CT molecular complexity index is 246. The van der Waals surface area contributed by atoms with E-state index in [1.165, 1.54) is 19.3 Å². The minimum Gasteiger partial charge on any atom is -0.311 e. The highest BCUT2D eigenvalue weighted by Gasteiger charge is 2.40. The monoisotopic (exact) mass is 221 g/mol. The zero-order valence-electron chi connectivity index (χ0n) is 10.9. The molecule has 3 saturated carbocycles. The molecule has 1 nitrogen and oxygen atoms in total. The highest BCUT2D eigenvalue weighted by molar-refractivity contribution is 4.92. The van der Waals surface area contributed by atoms with Crippen molar-refractivity contribution in [2.45, 2.75) is 70.9 Å². The predicted octanol–water partition coefficient (Wildman–Crippen LogP) is 3.59. The van der Waals surface area contributed by atoms with Crippen molar-refractivity contribution in [2.75, 3.05) is 0 Å². The lowest BCUT2D eigenvalue weighted by Gasteiger charge is -2.28. The van der Waals surface area contributed by atoms with Crippen molar-refractivity contribution >= 4 is 0 Å². The van der Waals surface area contributed by atoms with Crippen LogP contribution in [-0.4, -0.2) is 12.1 Å². The summed E-state index contributed by atoms with van der Waals surface area (Å²) < 4.78 is 0. The quantitative estimate of drug-likeness (QED) is 0.748. The molecule has 0 aliphatic heterocycles. The minimum atomic E-state index is 0.742. The molecule has 5 atom stereocenters. The van der Waals surface area contributed by atoms with Gasteiger partial charge in [-0.3, -0.25) is 0 Å². The van der Waals surface area contributed by atoms with E-state index in [2.05, 4.69) is 19.2 Å². The van der Waals surface area contributed by atoms with Gasteiger partial charge >= 0.3 is 0 Å². The largest absolute Gasteiger partial charge is 0.311 e. The first-order valence-electron chi connectivity index (χ1n) is 7.48. The van der Waals surface area contributed by atoms with Crippen LogP contribution in [-0.2, 0) is 0 Å². The maximum atomic E-state index is 3.77. The molecule has 1 N–H and O–H groups in total. The maximum Gasteiger partial charge on any atom is 0.00708 e. The van der Waals surface area contributed by atoms with Crippen molar-refractivity contribution in [3.63, 3.8) is 0 Å². The fraction of sp³-hybridized carbons (Fsp3) is 1.00. The molecule has 3 aliphatic carbocycles. The molecule has 3 rings (SSSR count). The van der Waals surface area contributed by atoms with Crippen molar-refractivity contribution in [1.29, 1.82) is 0 Å². The van der Waals surface area contributed by atoms with Gasteiger partial charge in [-0.2, -0.15) is 0 Å². The summed E-state index contributed by atoms with van der Waals surface area (Å²) in [6, 6.07) is 1.61. The molecule has 0 amide bonds. The van der Waals surface area contributed by atoms with Crippen LogP contribution in [0.15, 0.2) is 0 Å². The van der Waals surface area contributed by atoms with E-state index in [1.54, 1.807) is 25.7 Å². The number of hydrogen-bond acceptors (Lipinski definition) is 1. The SMILES string of the molecule is CC(CC1CC2CCC1C2)C(C)NC1CC1. The first kappa shape index (κ1) is 11.1.